The van der Waals surface area contributed by atoms with E-state index in [0.29, 0.717) is 5.69 Å². The van der Waals surface area contributed by atoms with Crippen molar-refractivity contribution in [3.8, 4) is 0 Å². The number of nitrogen functional groups attached to an aromatic ring is 1. The normalized spacial score (nSPS) is 11.4. The van der Waals surface area contributed by atoms with Crippen LogP contribution in [0.4, 0.5) is 30.6 Å². The predicted molar refractivity (Wildman–Crippen MR) is 70.5 cm³/mol. The van der Waals surface area contributed by atoms with Crippen LogP contribution >= 0.6 is 0 Å². The SMILES string of the molecule is CCc1ccccc1Nc1cc(C(F)(F)F)nc(N)n1. The lowest BCUT2D eigenvalue weighted by Crippen LogP contribution is -2.12. The minimum Gasteiger partial charge on any atom is -0.368 e. The Bertz CT molecular complexity index is 611. The van der Waals surface area contributed by atoms with Crippen LogP contribution in [0.2, 0.25) is 0 Å². The van der Waals surface area contributed by atoms with Crippen molar-refractivity contribution in [2.75, 3.05) is 11.1 Å². The molecular formula is C13H13F3N4. The van der Waals surface area contributed by atoms with E-state index in [1.807, 2.05) is 19.1 Å². The Balaban J connectivity index is 2.36. The van der Waals surface area contributed by atoms with E-state index in [9.17, 15) is 13.2 Å². The Morgan fingerprint density at radius 3 is 2.55 bits per heavy atom. The topological polar surface area (TPSA) is 63.8 Å². The van der Waals surface area contributed by atoms with Crippen molar-refractivity contribution in [3.05, 3.63) is 41.6 Å². The molecule has 2 aromatic rings. The van der Waals surface area contributed by atoms with Crippen LogP contribution in [-0.4, -0.2) is 9.97 Å². The van der Waals surface area contributed by atoms with Gasteiger partial charge in [0, 0.05) is 11.8 Å². The molecule has 0 saturated heterocycles. The highest BCUT2D eigenvalue weighted by molar-refractivity contribution is 5.61. The molecule has 0 atom stereocenters. The molecule has 0 aliphatic carbocycles. The second-order valence-corrected chi connectivity index (χ2v) is 4.13. The molecule has 7 heteroatoms. The molecule has 1 aromatic heterocycles. The number of nitrogens with zero attached hydrogens (tertiary/aromatic N) is 2. The average Bonchev–Trinajstić information content (AvgIpc) is 2.37. The van der Waals surface area contributed by atoms with Crippen LogP contribution in [-0.2, 0) is 12.6 Å². The average molecular weight is 282 g/mol. The van der Waals surface area contributed by atoms with Crippen LogP contribution in [0.25, 0.3) is 0 Å². The molecular weight excluding hydrogens is 269 g/mol. The molecule has 20 heavy (non-hydrogen) atoms. The first-order chi connectivity index (χ1) is 9.40. The minimum atomic E-state index is -4.56. The molecule has 0 bridgehead atoms. The number of aromatic nitrogens is 2. The number of benzene rings is 1. The number of halogens is 3. The second-order valence-electron chi connectivity index (χ2n) is 4.13. The van der Waals surface area contributed by atoms with Gasteiger partial charge in [0.25, 0.3) is 0 Å². The highest BCUT2D eigenvalue weighted by atomic mass is 19.4. The summed E-state index contributed by atoms with van der Waals surface area (Å²) in [7, 11) is 0. The molecule has 4 nitrogen and oxygen atoms in total. The highest BCUT2D eigenvalue weighted by Crippen LogP contribution is 2.30. The van der Waals surface area contributed by atoms with Crippen LogP contribution in [0, 0.1) is 0 Å². The van der Waals surface area contributed by atoms with Crippen molar-refractivity contribution < 1.29 is 13.2 Å². The summed E-state index contributed by atoms with van der Waals surface area (Å²) < 4.78 is 38.0. The fourth-order valence-electron chi connectivity index (χ4n) is 1.76. The van der Waals surface area contributed by atoms with Crippen molar-refractivity contribution in [2.45, 2.75) is 19.5 Å². The van der Waals surface area contributed by atoms with Gasteiger partial charge in [0.15, 0.2) is 5.69 Å². The van der Waals surface area contributed by atoms with Gasteiger partial charge in [-0.1, -0.05) is 25.1 Å². The first kappa shape index (κ1) is 14.1. The molecule has 0 unspecified atom stereocenters. The van der Waals surface area contributed by atoms with Crippen LogP contribution < -0.4 is 11.1 Å². The molecule has 0 fully saturated rings. The van der Waals surface area contributed by atoms with Crippen molar-refractivity contribution in [2.24, 2.45) is 0 Å². The van der Waals surface area contributed by atoms with E-state index in [1.165, 1.54) is 0 Å². The van der Waals surface area contributed by atoms with Gasteiger partial charge in [-0.2, -0.15) is 18.2 Å². The number of nitrogens with two attached hydrogens (primary N) is 1. The summed E-state index contributed by atoms with van der Waals surface area (Å²) in [5, 5.41) is 2.85. The summed E-state index contributed by atoms with van der Waals surface area (Å²) >= 11 is 0. The molecule has 1 heterocycles. The number of hydrogen-bond donors (Lipinski definition) is 2. The Hall–Kier alpha value is -2.31. The first-order valence-electron chi connectivity index (χ1n) is 5.97. The Kier molecular flexibility index (Phi) is 3.78. The second kappa shape index (κ2) is 5.36. The maximum Gasteiger partial charge on any atom is 0.433 e. The van der Waals surface area contributed by atoms with Gasteiger partial charge in [0.1, 0.15) is 5.82 Å². The summed E-state index contributed by atoms with van der Waals surface area (Å²) in [4.78, 5) is 6.96. The number of anilines is 3. The lowest BCUT2D eigenvalue weighted by molar-refractivity contribution is -0.141. The molecule has 0 aliphatic rings. The first-order valence-corrected chi connectivity index (χ1v) is 5.97. The van der Waals surface area contributed by atoms with E-state index in [2.05, 4.69) is 15.3 Å². The highest BCUT2D eigenvalue weighted by Gasteiger charge is 2.33. The zero-order chi connectivity index (χ0) is 14.8. The molecule has 2 rings (SSSR count). The van der Waals surface area contributed by atoms with Gasteiger partial charge < -0.3 is 11.1 Å². The number of rotatable bonds is 3. The summed E-state index contributed by atoms with van der Waals surface area (Å²) in [5.41, 5.74) is 5.92. The van der Waals surface area contributed by atoms with E-state index in [-0.39, 0.29) is 5.82 Å². The monoisotopic (exact) mass is 282 g/mol. The van der Waals surface area contributed by atoms with Gasteiger partial charge in [-0.15, -0.1) is 0 Å². The Morgan fingerprint density at radius 2 is 1.90 bits per heavy atom. The number of para-hydroxylation sites is 1. The zero-order valence-electron chi connectivity index (χ0n) is 10.7. The van der Waals surface area contributed by atoms with Crippen molar-refractivity contribution in [3.63, 3.8) is 0 Å². The van der Waals surface area contributed by atoms with Crippen LogP contribution in [0.1, 0.15) is 18.2 Å². The van der Waals surface area contributed by atoms with E-state index < -0.39 is 17.8 Å². The maximum atomic E-state index is 12.7. The van der Waals surface area contributed by atoms with Gasteiger partial charge >= 0.3 is 6.18 Å². The van der Waals surface area contributed by atoms with Gasteiger partial charge in [-0.05, 0) is 18.1 Å². The smallest absolute Gasteiger partial charge is 0.368 e. The van der Waals surface area contributed by atoms with Gasteiger partial charge in [0.05, 0.1) is 0 Å². The lowest BCUT2D eigenvalue weighted by atomic mass is 10.1. The number of aryl methyl sites for hydroxylation is 1. The molecule has 3 N–H and O–H groups in total. The standard InChI is InChI=1S/C13H13F3N4/c1-2-8-5-3-4-6-9(8)18-11-7-10(13(14,15)16)19-12(17)20-11/h3-7H,2H2,1H3,(H3,17,18,19,20). The fraction of sp³-hybridized carbons (Fsp3) is 0.231. The largest absolute Gasteiger partial charge is 0.433 e. The molecule has 106 valence electrons. The van der Waals surface area contributed by atoms with E-state index in [1.54, 1.807) is 12.1 Å². The summed E-state index contributed by atoms with van der Waals surface area (Å²) in [6.07, 6.45) is -3.81. The van der Waals surface area contributed by atoms with Crippen molar-refractivity contribution in [1.82, 2.24) is 9.97 Å². The number of nitrogens with one attached hydrogen (secondary N) is 1. The molecule has 0 saturated carbocycles. The molecule has 0 aliphatic heterocycles. The quantitative estimate of drug-likeness (QED) is 0.905. The van der Waals surface area contributed by atoms with Crippen molar-refractivity contribution in [1.29, 1.82) is 0 Å². The summed E-state index contributed by atoms with van der Waals surface area (Å²) in [6.45, 7) is 1.95. The van der Waals surface area contributed by atoms with Gasteiger partial charge in [0.2, 0.25) is 5.95 Å². The molecule has 0 spiro atoms. The fourth-order valence-corrected chi connectivity index (χ4v) is 1.76. The maximum absolute atomic E-state index is 12.7. The third-order valence-corrected chi connectivity index (χ3v) is 2.69. The number of alkyl halides is 3. The van der Waals surface area contributed by atoms with E-state index >= 15 is 0 Å². The molecule has 0 amide bonds. The van der Waals surface area contributed by atoms with Gasteiger partial charge in [-0.3, -0.25) is 0 Å². The van der Waals surface area contributed by atoms with Crippen LogP contribution in [0.5, 0.6) is 0 Å². The van der Waals surface area contributed by atoms with E-state index in [4.69, 9.17) is 5.73 Å². The van der Waals surface area contributed by atoms with Crippen LogP contribution in [0.15, 0.2) is 30.3 Å². The molecule has 0 radical (unpaired) electrons. The Labute approximate surface area is 113 Å². The van der Waals surface area contributed by atoms with Crippen LogP contribution in [0.3, 0.4) is 0 Å². The van der Waals surface area contributed by atoms with E-state index in [0.717, 1.165) is 18.1 Å². The third-order valence-electron chi connectivity index (χ3n) is 2.69. The summed E-state index contributed by atoms with van der Waals surface area (Å²) in [6, 6.07) is 8.14. The molecule has 1 aromatic carbocycles. The summed E-state index contributed by atoms with van der Waals surface area (Å²) in [5.74, 6) is -0.401. The zero-order valence-corrected chi connectivity index (χ0v) is 10.7. The van der Waals surface area contributed by atoms with Gasteiger partial charge in [-0.25, -0.2) is 4.98 Å². The van der Waals surface area contributed by atoms with Crippen molar-refractivity contribution >= 4 is 17.5 Å². The minimum absolute atomic E-state index is 0.0192. The Morgan fingerprint density at radius 1 is 1.20 bits per heavy atom. The third kappa shape index (κ3) is 3.17. The lowest BCUT2D eigenvalue weighted by Gasteiger charge is -2.12. The number of hydrogen-bond acceptors (Lipinski definition) is 4. The predicted octanol–water partition coefficient (Wildman–Crippen LogP) is 3.38.